The second-order valence-electron chi connectivity index (χ2n) is 6.98. The average Bonchev–Trinajstić information content (AvgIpc) is 2.62. The maximum absolute atomic E-state index is 6.08. The number of likely N-dealkylation sites (N-methyl/N-ethyl adjacent to an activating group) is 2. The van der Waals surface area contributed by atoms with Crippen LogP contribution >= 0.6 is 23.8 Å². The minimum Gasteiger partial charge on any atom is -0.374 e. The summed E-state index contributed by atoms with van der Waals surface area (Å²) in [4.78, 5) is 10.4. The number of benzene rings is 1. The van der Waals surface area contributed by atoms with Gasteiger partial charge in [0.25, 0.3) is 0 Å². The van der Waals surface area contributed by atoms with E-state index < -0.39 is 0 Å². The minimum atomic E-state index is 0.758. The predicted molar refractivity (Wildman–Crippen MR) is 110 cm³/mol. The van der Waals surface area contributed by atoms with Gasteiger partial charge >= 0.3 is 0 Å². The summed E-state index contributed by atoms with van der Waals surface area (Å²) in [6.45, 7) is 8.35. The van der Waals surface area contributed by atoms with Gasteiger partial charge in [0.15, 0.2) is 0 Å². The maximum Gasteiger partial charge on any atom is 0.111 e. The Kier molecular flexibility index (Phi) is 6.34. The molecule has 0 bridgehead atoms. The third-order valence-electron chi connectivity index (χ3n) is 5.03. The number of thiocarbonyl (C=S) groups is 1. The van der Waals surface area contributed by atoms with Crippen molar-refractivity contribution in [2.75, 3.05) is 66.5 Å². The van der Waals surface area contributed by atoms with E-state index in [4.69, 9.17) is 23.8 Å². The quantitative estimate of drug-likeness (QED) is 0.590. The third kappa shape index (κ3) is 4.94. The van der Waals surface area contributed by atoms with Gasteiger partial charge in [-0.15, -0.1) is 0 Å². The van der Waals surface area contributed by atoms with E-state index in [0.29, 0.717) is 0 Å². The molecule has 2 heterocycles. The Hall–Kier alpha value is -1.14. The topological polar surface area (TPSA) is 13.0 Å². The van der Waals surface area contributed by atoms with Gasteiger partial charge < -0.3 is 19.6 Å². The van der Waals surface area contributed by atoms with Crippen molar-refractivity contribution in [2.24, 2.45) is 0 Å². The van der Waals surface area contributed by atoms with Crippen LogP contribution in [0.1, 0.15) is 5.56 Å². The van der Waals surface area contributed by atoms with Crippen LogP contribution in [0.15, 0.2) is 30.5 Å². The number of hydrogen-bond donors (Lipinski definition) is 0. The van der Waals surface area contributed by atoms with Crippen molar-refractivity contribution >= 4 is 34.4 Å². The van der Waals surface area contributed by atoms with Crippen LogP contribution in [0.2, 0.25) is 5.02 Å². The predicted octanol–water partition coefficient (Wildman–Crippen LogP) is 2.50. The Bertz CT molecular complexity index is 615. The molecule has 4 nitrogen and oxygen atoms in total. The van der Waals surface area contributed by atoms with E-state index in [2.05, 4.69) is 52.0 Å². The SMILES string of the molecule is CN1CCN(C=C(C(=S)N2CCN(C)CC2)c2ccc(Cl)cc2)CC1. The minimum absolute atomic E-state index is 0.758. The molecule has 1 aromatic rings. The van der Waals surface area contributed by atoms with Crippen LogP contribution in [0.25, 0.3) is 5.57 Å². The highest BCUT2D eigenvalue weighted by atomic mass is 35.5. The summed E-state index contributed by atoms with van der Waals surface area (Å²) in [5, 5.41) is 0.758. The van der Waals surface area contributed by atoms with Crippen LogP contribution in [-0.4, -0.2) is 91.0 Å². The molecule has 0 atom stereocenters. The zero-order chi connectivity index (χ0) is 17.8. The fraction of sp³-hybridized carbons (Fsp3) is 0.526. The standard InChI is InChI=1S/C19H27ClN4S/c1-21-7-11-23(12-8-21)15-18(16-3-5-17(20)6-4-16)19(25)24-13-9-22(2)10-14-24/h3-6,15H,7-14H2,1-2H3. The molecule has 0 aliphatic carbocycles. The van der Waals surface area contributed by atoms with E-state index in [-0.39, 0.29) is 0 Å². The molecule has 0 radical (unpaired) electrons. The Labute approximate surface area is 161 Å². The Balaban J connectivity index is 1.83. The van der Waals surface area contributed by atoms with Gasteiger partial charge in [-0.1, -0.05) is 36.0 Å². The van der Waals surface area contributed by atoms with Gasteiger partial charge in [-0.3, -0.25) is 0 Å². The smallest absolute Gasteiger partial charge is 0.111 e. The lowest BCUT2D eigenvalue weighted by molar-refractivity contribution is 0.198. The molecule has 0 spiro atoms. The second kappa shape index (κ2) is 8.49. The van der Waals surface area contributed by atoms with Crippen LogP contribution < -0.4 is 0 Å². The first-order chi connectivity index (χ1) is 12.0. The van der Waals surface area contributed by atoms with Crippen LogP contribution in [-0.2, 0) is 0 Å². The van der Waals surface area contributed by atoms with Crippen molar-refractivity contribution in [1.82, 2.24) is 19.6 Å². The second-order valence-corrected chi connectivity index (χ2v) is 7.81. The van der Waals surface area contributed by atoms with Crippen LogP contribution in [0.3, 0.4) is 0 Å². The number of piperazine rings is 2. The number of rotatable bonds is 3. The van der Waals surface area contributed by atoms with Crippen molar-refractivity contribution < 1.29 is 0 Å². The summed E-state index contributed by atoms with van der Waals surface area (Å²) in [7, 11) is 4.34. The molecule has 2 aliphatic heterocycles. The summed E-state index contributed by atoms with van der Waals surface area (Å²) < 4.78 is 0. The summed E-state index contributed by atoms with van der Waals surface area (Å²) >= 11 is 12.0. The highest BCUT2D eigenvalue weighted by Crippen LogP contribution is 2.23. The van der Waals surface area contributed by atoms with Gasteiger partial charge in [-0.05, 0) is 31.8 Å². The molecule has 136 valence electrons. The van der Waals surface area contributed by atoms with Crippen molar-refractivity contribution in [3.63, 3.8) is 0 Å². The molecule has 0 saturated carbocycles. The average molecular weight is 379 g/mol. The first kappa shape index (κ1) is 18.6. The zero-order valence-electron chi connectivity index (χ0n) is 15.1. The highest BCUT2D eigenvalue weighted by molar-refractivity contribution is 7.81. The number of halogens is 1. The van der Waals surface area contributed by atoms with E-state index in [9.17, 15) is 0 Å². The van der Waals surface area contributed by atoms with E-state index >= 15 is 0 Å². The van der Waals surface area contributed by atoms with E-state index in [0.717, 1.165) is 73.5 Å². The molecule has 1 aromatic carbocycles. The molecule has 2 saturated heterocycles. The molecule has 0 aromatic heterocycles. The molecule has 0 amide bonds. The van der Waals surface area contributed by atoms with Gasteiger partial charge in [0.1, 0.15) is 4.99 Å². The molecule has 3 rings (SSSR count). The van der Waals surface area contributed by atoms with Gasteiger partial charge in [0, 0.05) is 69.2 Å². The van der Waals surface area contributed by atoms with Crippen LogP contribution in [0.5, 0.6) is 0 Å². The lowest BCUT2D eigenvalue weighted by Gasteiger charge is -2.36. The molecule has 2 fully saturated rings. The summed E-state index contributed by atoms with van der Waals surface area (Å²) in [6, 6.07) is 8.04. The van der Waals surface area contributed by atoms with Crippen molar-refractivity contribution in [3.05, 3.63) is 41.1 Å². The monoisotopic (exact) mass is 378 g/mol. The van der Waals surface area contributed by atoms with E-state index in [1.54, 1.807) is 0 Å². The fourth-order valence-electron chi connectivity index (χ4n) is 3.20. The van der Waals surface area contributed by atoms with Crippen molar-refractivity contribution in [3.8, 4) is 0 Å². The van der Waals surface area contributed by atoms with Crippen molar-refractivity contribution in [1.29, 1.82) is 0 Å². The van der Waals surface area contributed by atoms with Crippen molar-refractivity contribution in [2.45, 2.75) is 0 Å². The Morgan fingerprint density at radius 2 is 1.40 bits per heavy atom. The van der Waals surface area contributed by atoms with E-state index in [1.807, 2.05) is 12.1 Å². The summed E-state index contributed by atoms with van der Waals surface area (Å²) in [6.07, 6.45) is 2.26. The largest absolute Gasteiger partial charge is 0.374 e. The molecular weight excluding hydrogens is 352 g/mol. The normalized spacial score (nSPS) is 20.8. The van der Waals surface area contributed by atoms with Gasteiger partial charge in [0.2, 0.25) is 0 Å². The molecule has 0 unspecified atom stereocenters. The molecule has 2 aliphatic rings. The first-order valence-corrected chi connectivity index (χ1v) is 9.70. The fourth-order valence-corrected chi connectivity index (χ4v) is 3.68. The lowest BCUT2D eigenvalue weighted by atomic mass is 10.1. The van der Waals surface area contributed by atoms with E-state index in [1.165, 1.54) is 0 Å². The number of nitrogens with zero attached hydrogens (tertiary/aromatic N) is 4. The maximum atomic E-state index is 6.08. The summed E-state index contributed by atoms with van der Waals surface area (Å²) in [5.41, 5.74) is 2.29. The molecule has 6 heteroatoms. The number of hydrogen-bond acceptors (Lipinski definition) is 4. The Morgan fingerprint density at radius 1 is 0.880 bits per heavy atom. The highest BCUT2D eigenvalue weighted by Gasteiger charge is 2.21. The molecular formula is C19H27ClN4S. The summed E-state index contributed by atoms with van der Waals surface area (Å²) in [5.74, 6) is 0. The van der Waals surface area contributed by atoms with Crippen LogP contribution in [0.4, 0.5) is 0 Å². The molecule has 25 heavy (non-hydrogen) atoms. The third-order valence-corrected chi connectivity index (χ3v) is 5.76. The van der Waals surface area contributed by atoms with Gasteiger partial charge in [0.05, 0.1) is 0 Å². The first-order valence-electron chi connectivity index (χ1n) is 8.91. The van der Waals surface area contributed by atoms with Gasteiger partial charge in [-0.2, -0.15) is 0 Å². The van der Waals surface area contributed by atoms with Gasteiger partial charge in [-0.25, -0.2) is 0 Å². The zero-order valence-corrected chi connectivity index (χ0v) is 16.7. The Morgan fingerprint density at radius 3 is 1.96 bits per heavy atom. The molecule has 0 N–H and O–H groups in total. The lowest BCUT2D eigenvalue weighted by Crippen LogP contribution is -2.47. The van der Waals surface area contributed by atoms with Crippen LogP contribution in [0, 0.1) is 0 Å².